The molecular weight excluding hydrogens is 326 g/mol. The molecule has 2 aromatic carbocycles. The maximum Gasteiger partial charge on any atom is 0.255 e. The Morgan fingerprint density at radius 1 is 0.875 bits per heavy atom. The van der Waals surface area contributed by atoms with E-state index in [0.717, 1.165) is 0 Å². The first-order valence-electron chi connectivity index (χ1n) is 7.48. The van der Waals surface area contributed by atoms with Crippen LogP contribution in [0.3, 0.4) is 0 Å². The van der Waals surface area contributed by atoms with Gasteiger partial charge in [0.25, 0.3) is 5.91 Å². The van der Waals surface area contributed by atoms with Crippen molar-refractivity contribution < 1.29 is 18.0 Å². The van der Waals surface area contributed by atoms with Gasteiger partial charge in [-0.05, 0) is 69.3 Å². The average Bonchev–Trinajstić information content (AvgIpc) is 2.55. The first-order valence-corrected chi connectivity index (χ1v) is 9.03. The Balaban J connectivity index is 2.14. The summed E-state index contributed by atoms with van der Waals surface area (Å²) in [6, 6.07) is 12.4. The van der Waals surface area contributed by atoms with Gasteiger partial charge in [-0.1, -0.05) is 0 Å². The summed E-state index contributed by atoms with van der Waals surface area (Å²) in [6.07, 6.45) is 0. The molecule has 0 bridgehead atoms. The molecule has 0 spiro atoms. The Labute approximate surface area is 141 Å². The van der Waals surface area contributed by atoms with Crippen molar-refractivity contribution in [3.8, 4) is 0 Å². The van der Waals surface area contributed by atoms with Gasteiger partial charge in [-0.15, -0.1) is 0 Å². The number of amides is 1. The minimum Gasteiger partial charge on any atom is -0.322 e. The van der Waals surface area contributed by atoms with Crippen LogP contribution in [-0.4, -0.2) is 25.4 Å². The van der Waals surface area contributed by atoms with Gasteiger partial charge >= 0.3 is 0 Å². The van der Waals surface area contributed by atoms with E-state index in [2.05, 4.69) is 5.32 Å². The van der Waals surface area contributed by atoms with Crippen molar-refractivity contribution >= 4 is 27.2 Å². The molecule has 2 aromatic rings. The second kappa shape index (κ2) is 6.97. The highest BCUT2D eigenvalue weighted by Crippen LogP contribution is 2.17. The maximum atomic E-state index is 12.2. The van der Waals surface area contributed by atoms with E-state index < -0.39 is 15.1 Å². The van der Waals surface area contributed by atoms with Gasteiger partial charge in [0, 0.05) is 16.8 Å². The number of ketones is 1. The van der Waals surface area contributed by atoms with E-state index in [1.165, 1.54) is 31.2 Å². The van der Waals surface area contributed by atoms with Crippen LogP contribution in [0.2, 0.25) is 0 Å². The fourth-order valence-corrected chi connectivity index (χ4v) is 3.12. The van der Waals surface area contributed by atoms with Crippen molar-refractivity contribution in [2.24, 2.45) is 0 Å². The molecule has 0 heterocycles. The molecule has 5 nitrogen and oxygen atoms in total. The molecule has 0 saturated heterocycles. The number of Topliss-reactive ketones (excluding diaryl/α,β-unsaturated/α-hetero) is 1. The average molecular weight is 345 g/mol. The summed E-state index contributed by atoms with van der Waals surface area (Å²) in [5.41, 5.74) is 1.48. The van der Waals surface area contributed by atoms with Crippen LogP contribution in [0.5, 0.6) is 0 Å². The lowest BCUT2D eigenvalue weighted by molar-refractivity contribution is 0.101. The highest BCUT2D eigenvalue weighted by Gasteiger charge is 2.19. The molecule has 24 heavy (non-hydrogen) atoms. The van der Waals surface area contributed by atoms with Crippen LogP contribution in [0.4, 0.5) is 5.69 Å². The molecule has 1 amide bonds. The predicted molar refractivity (Wildman–Crippen MR) is 93.2 cm³/mol. The van der Waals surface area contributed by atoms with E-state index in [4.69, 9.17) is 0 Å². The molecule has 6 heteroatoms. The molecule has 126 valence electrons. The lowest BCUT2D eigenvalue weighted by Crippen LogP contribution is -2.15. The molecular formula is C18H19NO4S. The summed E-state index contributed by atoms with van der Waals surface area (Å²) in [6.45, 7) is 4.70. The van der Waals surface area contributed by atoms with E-state index in [1.54, 1.807) is 38.1 Å². The number of anilines is 1. The first kappa shape index (κ1) is 17.9. The van der Waals surface area contributed by atoms with E-state index in [1.807, 2.05) is 0 Å². The lowest BCUT2D eigenvalue weighted by Gasteiger charge is -2.09. The highest BCUT2D eigenvalue weighted by atomic mass is 32.2. The Kier molecular flexibility index (Phi) is 5.19. The summed E-state index contributed by atoms with van der Waals surface area (Å²) in [5.74, 6) is -0.395. The number of sulfone groups is 1. The number of benzene rings is 2. The number of hydrogen-bond acceptors (Lipinski definition) is 4. The van der Waals surface area contributed by atoms with Crippen LogP contribution in [0.25, 0.3) is 0 Å². The Morgan fingerprint density at radius 2 is 1.38 bits per heavy atom. The maximum absolute atomic E-state index is 12.2. The lowest BCUT2D eigenvalue weighted by atomic mass is 10.1. The smallest absolute Gasteiger partial charge is 0.255 e. The Morgan fingerprint density at radius 3 is 1.83 bits per heavy atom. The van der Waals surface area contributed by atoms with Gasteiger partial charge in [0.2, 0.25) is 0 Å². The molecule has 2 rings (SSSR count). The zero-order valence-corrected chi connectivity index (χ0v) is 14.6. The molecule has 0 aliphatic carbocycles. The van der Waals surface area contributed by atoms with Crippen LogP contribution in [0.15, 0.2) is 53.4 Å². The van der Waals surface area contributed by atoms with E-state index in [0.29, 0.717) is 16.8 Å². The standard InChI is InChI=1S/C18H19NO4S/c1-12(2)24(22,23)17-10-6-15(7-11-17)18(21)19-16-8-4-14(5-9-16)13(3)20/h4-12H,1-3H3,(H,19,21). The third-order valence-electron chi connectivity index (χ3n) is 3.61. The summed E-state index contributed by atoms with van der Waals surface area (Å²) in [7, 11) is -3.35. The second-order valence-electron chi connectivity index (χ2n) is 5.71. The fourth-order valence-electron chi connectivity index (χ4n) is 2.06. The number of nitrogens with one attached hydrogen (secondary N) is 1. The number of rotatable bonds is 5. The number of hydrogen-bond donors (Lipinski definition) is 1. The van der Waals surface area contributed by atoms with E-state index >= 15 is 0 Å². The third-order valence-corrected chi connectivity index (χ3v) is 5.79. The van der Waals surface area contributed by atoms with Crippen molar-refractivity contribution in [1.29, 1.82) is 0 Å². The summed E-state index contributed by atoms with van der Waals surface area (Å²) in [5, 5.41) is 2.19. The van der Waals surface area contributed by atoms with Crippen LogP contribution in [0.1, 0.15) is 41.5 Å². The second-order valence-corrected chi connectivity index (χ2v) is 8.21. The highest BCUT2D eigenvalue weighted by molar-refractivity contribution is 7.92. The van der Waals surface area contributed by atoms with Crippen molar-refractivity contribution in [3.05, 3.63) is 59.7 Å². The molecule has 0 fully saturated rings. The van der Waals surface area contributed by atoms with Gasteiger partial charge in [-0.2, -0.15) is 0 Å². The van der Waals surface area contributed by atoms with Crippen LogP contribution >= 0.6 is 0 Å². The van der Waals surface area contributed by atoms with Crippen LogP contribution in [0, 0.1) is 0 Å². The molecule has 0 radical (unpaired) electrons. The molecule has 0 unspecified atom stereocenters. The normalized spacial score (nSPS) is 11.3. The van der Waals surface area contributed by atoms with Gasteiger partial charge in [-0.25, -0.2) is 8.42 Å². The van der Waals surface area contributed by atoms with Crippen molar-refractivity contribution in [2.45, 2.75) is 30.9 Å². The van der Waals surface area contributed by atoms with Gasteiger partial charge in [0.15, 0.2) is 15.6 Å². The van der Waals surface area contributed by atoms with Gasteiger partial charge in [0.05, 0.1) is 10.1 Å². The van der Waals surface area contributed by atoms with Gasteiger partial charge < -0.3 is 5.32 Å². The van der Waals surface area contributed by atoms with Crippen molar-refractivity contribution in [3.63, 3.8) is 0 Å². The van der Waals surface area contributed by atoms with E-state index in [9.17, 15) is 18.0 Å². The van der Waals surface area contributed by atoms with Crippen LogP contribution in [-0.2, 0) is 9.84 Å². The zero-order valence-electron chi connectivity index (χ0n) is 13.7. The third kappa shape index (κ3) is 3.89. The molecule has 1 N–H and O–H groups in total. The summed E-state index contributed by atoms with van der Waals surface area (Å²) < 4.78 is 24.1. The number of carbonyl (C=O) groups excluding carboxylic acids is 2. The molecule has 0 aromatic heterocycles. The fraction of sp³-hybridized carbons (Fsp3) is 0.222. The summed E-state index contributed by atoms with van der Waals surface area (Å²) >= 11 is 0. The minimum atomic E-state index is -3.35. The largest absolute Gasteiger partial charge is 0.322 e. The topological polar surface area (TPSA) is 80.3 Å². The number of carbonyl (C=O) groups is 2. The predicted octanol–water partition coefficient (Wildman–Crippen LogP) is 3.32. The minimum absolute atomic E-state index is 0.0465. The van der Waals surface area contributed by atoms with Crippen molar-refractivity contribution in [1.82, 2.24) is 0 Å². The molecule has 0 atom stereocenters. The van der Waals surface area contributed by atoms with Crippen LogP contribution < -0.4 is 5.32 Å². The monoisotopic (exact) mass is 345 g/mol. The Bertz CT molecular complexity index is 851. The molecule has 0 saturated carbocycles. The van der Waals surface area contributed by atoms with Gasteiger partial charge in [-0.3, -0.25) is 9.59 Å². The van der Waals surface area contributed by atoms with Crippen molar-refractivity contribution in [2.75, 3.05) is 5.32 Å². The summed E-state index contributed by atoms with van der Waals surface area (Å²) in [4.78, 5) is 23.6. The SMILES string of the molecule is CC(=O)c1ccc(NC(=O)c2ccc(S(=O)(=O)C(C)C)cc2)cc1. The van der Waals surface area contributed by atoms with Gasteiger partial charge in [0.1, 0.15) is 0 Å². The Hall–Kier alpha value is -2.47. The first-order chi connectivity index (χ1) is 11.2. The van der Waals surface area contributed by atoms with E-state index in [-0.39, 0.29) is 16.6 Å². The quantitative estimate of drug-likeness (QED) is 0.843. The molecule has 0 aliphatic rings. The molecule has 0 aliphatic heterocycles. The zero-order chi connectivity index (χ0) is 17.9.